The van der Waals surface area contributed by atoms with E-state index in [0.29, 0.717) is 6.79 Å². The molecule has 0 saturated heterocycles. The summed E-state index contributed by atoms with van der Waals surface area (Å²) in [6.45, 7) is 0.302. The summed E-state index contributed by atoms with van der Waals surface area (Å²) >= 11 is 8.23. The third-order valence-corrected chi connectivity index (χ3v) is 2.86. The molecule has 1 aliphatic heterocycles. The summed E-state index contributed by atoms with van der Waals surface area (Å²) in [5, 5.41) is 0.744. The maximum Gasteiger partial charge on any atom is 0.231 e. The van der Waals surface area contributed by atoms with Crippen molar-refractivity contribution in [3.05, 3.63) is 22.7 Å². The molecular weight excluding hydrogens is 290 g/mol. The summed E-state index contributed by atoms with van der Waals surface area (Å²) in [6, 6.07) is 3.73. The maximum atomic E-state index is 5.97. The van der Waals surface area contributed by atoms with E-state index in [1.54, 1.807) is 6.07 Å². The van der Waals surface area contributed by atoms with Crippen molar-refractivity contribution in [2.24, 2.45) is 0 Å². The number of alkyl halides is 1. The van der Waals surface area contributed by atoms with Gasteiger partial charge in [0.1, 0.15) is 0 Å². The number of halogens is 2. The van der Waals surface area contributed by atoms with Crippen LogP contribution in [0.25, 0.3) is 0 Å². The van der Waals surface area contributed by atoms with Crippen molar-refractivity contribution in [3.8, 4) is 11.5 Å². The minimum absolute atomic E-state index is 0.302. The number of benzene rings is 1. The quantitative estimate of drug-likeness (QED) is 0.586. The van der Waals surface area contributed by atoms with E-state index in [2.05, 4.69) is 22.6 Å². The normalized spacial score (nSPS) is 13.5. The SMILES string of the molecule is Clc1cc2c(cc1CI)OCO2. The number of fused-ring (bicyclic) bond motifs is 1. The van der Waals surface area contributed by atoms with Crippen LogP contribution in [0.1, 0.15) is 5.56 Å². The third kappa shape index (κ3) is 1.35. The van der Waals surface area contributed by atoms with Crippen molar-refractivity contribution < 1.29 is 9.47 Å². The molecule has 1 aromatic rings. The molecule has 12 heavy (non-hydrogen) atoms. The Morgan fingerprint density at radius 2 is 2.00 bits per heavy atom. The fourth-order valence-corrected chi connectivity index (χ4v) is 2.14. The zero-order valence-electron chi connectivity index (χ0n) is 6.14. The van der Waals surface area contributed by atoms with E-state index in [4.69, 9.17) is 21.1 Å². The molecule has 4 heteroatoms. The van der Waals surface area contributed by atoms with E-state index in [1.807, 2.05) is 6.07 Å². The van der Waals surface area contributed by atoms with Gasteiger partial charge in [0.2, 0.25) is 6.79 Å². The smallest absolute Gasteiger partial charge is 0.231 e. The first-order valence-corrected chi connectivity index (χ1v) is 5.35. The van der Waals surface area contributed by atoms with Crippen molar-refractivity contribution in [1.29, 1.82) is 0 Å². The van der Waals surface area contributed by atoms with Gasteiger partial charge in [-0.2, -0.15) is 0 Å². The Morgan fingerprint density at radius 3 is 2.67 bits per heavy atom. The molecule has 1 aromatic carbocycles. The van der Waals surface area contributed by atoms with Crippen LogP contribution in [0, 0.1) is 0 Å². The fourth-order valence-electron chi connectivity index (χ4n) is 1.06. The second-order valence-corrected chi connectivity index (χ2v) is 3.60. The second kappa shape index (κ2) is 3.30. The molecule has 0 spiro atoms. The van der Waals surface area contributed by atoms with Crippen molar-refractivity contribution in [1.82, 2.24) is 0 Å². The topological polar surface area (TPSA) is 18.5 Å². The van der Waals surface area contributed by atoms with Crippen molar-refractivity contribution in [3.63, 3.8) is 0 Å². The monoisotopic (exact) mass is 296 g/mol. The Bertz CT molecular complexity index is 313. The molecule has 0 N–H and O–H groups in total. The summed E-state index contributed by atoms with van der Waals surface area (Å²) < 4.78 is 11.3. The van der Waals surface area contributed by atoms with Gasteiger partial charge in [-0.1, -0.05) is 34.2 Å². The van der Waals surface area contributed by atoms with E-state index in [9.17, 15) is 0 Å². The molecule has 64 valence electrons. The van der Waals surface area contributed by atoms with Crippen LogP contribution in [0.3, 0.4) is 0 Å². The minimum atomic E-state index is 0.302. The number of ether oxygens (including phenoxy) is 2. The van der Waals surface area contributed by atoms with Crippen LogP contribution in [0.2, 0.25) is 5.02 Å². The Morgan fingerprint density at radius 1 is 1.33 bits per heavy atom. The molecule has 2 rings (SSSR count). The molecule has 0 bridgehead atoms. The molecule has 0 atom stereocenters. The van der Waals surface area contributed by atoms with Gasteiger partial charge in [0, 0.05) is 15.5 Å². The predicted octanol–water partition coefficient (Wildman–Crippen LogP) is 3.00. The van der Waals surface area contributed by atoms with Gasteiger partial charge >= 0.3 is 0 Å². The standard InChI is InChI=1S/C8H6ClIO2/c9-6-2-8-7(11-4-12-8)1-5(6)3-10/h1-2H,3-4H2. The van der Waals surface area contributed by atoms with Crippen LogP contribution in [-0.4, -0.2) is 6.79 Å². The summed E-state index contributed by atoms with van der Waals surface area (Å²) in [5.41, 5.74) is 1.08. The average Bonchev–Trinajstić information content (AvgIpc) is 2.49. The van der Waals surface area contributed by atoms with Crippen LogP contribution in [0.4, 0.5) is 0 Å². The lowest BCUT2D eigenvalue weighted by molar-refractivity contribution is 0.174. The number of hydrogen-bond donors (Lipinski definition) is 0. The molecule has 1 heterocycles. The lowest BCUT2D eigenvalue weighted by Gasteiger charge is -2.01. The lowest BCUT2D eigenvalue weighted by Crippen LogP contribution is -1.92. The largest absolute Gasteiger partial charge is 0.454 e. The molecule has 0 saturated carbocycles. The highest BCUT2D eigenvalue weighted by molar-refractivity contribution is 14.1. The van der Waals surface area contributed by atoms with Crippen molar-refractivity contribution in [2.75, 3.05) is 6.79 Å². The molecule has 0 aromatic heterocycles. The molecule has 1 aliphatic rings. The van der Waals surface area contributed by atoms with Crippen LogP contribution in [-0.2, 0) is 4.43 Å². The highest BCUT2D eigenvalue weighted by atomic mass is 127. The Balaban J connectivity index is 2.49. The zero-order valence-corrected chi connectivity index (χ0v) is 9.05. The molecule has 0 radical (unpaired) electrons. The summed E-state index contributed by atoms with van der Waals surface area (Å²) in [4.78, 5) is 0. The lowest BCUT2D eigenvalue weighted by atomic mass is 10.2. The summed E-state index contributed by atoms with van der Waals surface area (Å²) in [6.07, 6.45) is 0. The van der Waals surface area contributed by atoms with Crippen molar-refractivity contribution in [2.45, 2.75) is 4.43 Å². The summed E-state index contributed by atoms with van der Waals surface area (Å²) in [7, 11) is 0. The highest BCUT2D eigenvalue weighted by Crippen LogP contribution is 2.37. The van der Waals surface area contributed by atoms with Crippen LogP contribution in [0.15, 0.2) is 12.1 Å². The Labute approximate surface area is 88.9 Å². The van der Waals surface area contributed by atoms with E-state index in [-0.39, 0.29) is 0 Å². The zero-order chi connectivity index (χ0) is 8.55. The van der Waals surface area contributed by atoms with E-state index in [1.165, 1.54) is 0 Å². The van der Waals surface area contributed by atoms with E-state index < -0.39 is 0 Å². The van der Waals surface area contributed by atoms with Gasteiger partial charge in [0.05, 0.1) is 0 Å². The van der Waals surface area contributed by atoms with E-state index >= 15 is 0 Å². The fraction of sp³-hybridized carbons (Fsp3) is 0.250. The van der Waals surface area contributed by atoms with Gasteiger partial charge in [-0.05, 0) is 11.6 Å². The third-order valence-electron chi connectivity index (χ3n) is 1.69. The first kappa shape index (κ1) is 8.44. The molecule has 0 amide bonds. The Kier molecular flexibility index (Phi) is 2.32. The first-order valence-electron chi connectivity index (χ1n) is 3.45. The van der Waals surface area contributed by atoms with Crippen LogP contribution < -0.4 is 9.47 Å². The number of hydrogen-bond acceptors (Lipinski definition) is 2. The van der Waals surface area contributed by atoms with Gasteiger partial charge in [0.25, 0.3) is 0 Å². The summed E-state index contributed by atoms with van der Waals surface area (Å²) in [5.74, 6) is 1.54. The molecule has 0 fully saturated rings. The minimum Gasteiger partial charge on any atom is -0.454 e. The maximum absolute atomic E-state index is 5.97. The van der Waals surface area contributed by atoms with Gasteiger partial charge in [-0.15, -0.1) is 0 Å². The van der Waals surface area contributed by atoms with Crippen LogP contribution in [0.5, 0.6) is 11.5 Å². The van der Waals surface area contributed by atoms with Crippen LogP contribution >= 0.6 is 34.2 Å². The molecule has 0 aliphatic carbocycles. The molecule has 2 nitrogen and oxygen atoms in total. The second-order valence-electron chi connectivity index (χ2n) is 2.43. The van der Waals surface area contributed by atoms with Gasteiger partial charge in [-0.25, -0.2) is 0 Å². The van der Waals surface area contributed by atoms with Crippen molar-refractivity contribution >= 4 is 34.2 Å². The molecular formula is C8H6ClIO2. The van der Waals surface area contributed by atoms with E-state index in [0.717, 1.165) is 26.5 Å². The average molecular weight is 296 g/mol. The van der Waals surface area contributed by atoms with Gasteiger partial charge in [0.15, 0.2) is 11.5 Å². The van der Waals surface area contributed by atoms with Gasteiger partial charge < -0.3 is 9.47 Å². The van der Waals surface area contributed by atoms with Gasteiger partial charge in [-0.3, -0.25) is 0 Å². The highest BCUT2D eigenvalue weighted by Gasteiger charge is 2.15. The Hall–Kier alpha value is -0.160. The molecule has 0 unspecified atom stereocenters. The number of rotatable bonds is 1. The first-order chi connectivity index (χ1) is 5.81. The predicted molar refractivity (Wildman–Crippen MR) is 55.3 cm³/mol.